The number of nitrogens with one attached hydrogen (secondary N) is 1. The van der Waals surface area contributed by atoms with Crippen molar-refractivity contribution in [3.05, 3.63) is 64.7 Å². The summed E-state index contributed by atoms with van der Waals surface area (Å²) in [7, 11) is 0. The molecule has 0 radical (unpaired) electrons. The summed E-state index contributed by atoms with van der Waals surface area (Å²) < 4.78 is 126. The van der Waals surface area contributed by atoms with Crippen LogP contribution in [-0.2, 0) is 23.6 Å². The highest BCUT2D eigenvalue weighted by Gasteiger charge is 2.69. The number of rotatable bonds is 5. The van der Waals surface area contributed by atoms with E-state index >= 15 is 0 Å². The third-order valence-electron chi connectivity index (χ3n) is 6.37. The molecule has 2 aromatic rings. The van der Waals surface area contributed by atoms with Crippen LogP contribution in [0.4, 0.5) is 50.0 Å². The molecule has 0 saturated heterocycles. The second-order valence-corrected chi connectivity index (χ2v) is 8.59. The molecule has 0 aromatic heterocycles. The fraction of sp³-hybridized carbons (Fsp3) is 0.458. The highest BCUT2D eigenvalue weighted by Crippen LogP contribution is 2.50. The largest absolute Gasteiger partial charge is 0.576 e. The lowest BCUT2D eigenvalue weighted by atomic mass is 9.87. The molecule has 1 aliphatic heterocycles. The van der Waals surface area contributed by atoms with Gasteiger partial charge in [0.1, 0.15) is 6.04 Å². The Morgan fingerprint density at radius 3 is 2.00 bits per heavy atom. The standard InChI is InChI=1S/C24H24F9N2O2/c1-3-17-12-19(34-13-14-9-15(22(25,26)27)11-16(10-14)23(28,29)30)18-7-5-6-8-20(18)35(17,24(31,32)33)21(36)37-4-2/h5-11,17,19,34H,3-4,12-13H2,1-2H3/q+1/t17-,19?,35+/m0/s1. The van der Waals surface area contributed by atoms with Crippen molar-refractivity contribution in [3.8, 4) is 0 Å². The SMILES string of the molecule is CCOC(=O)[N@+]1(C(F)(F)F)c2ccccc2C(NCc2cc(C(F)(F)F)cc(C(F)(F)F)c2)C[C@@H]1CC. The number of para-hydroxylation sites is 1. The molecule has 13 heteroatoms. The van der Waals surface area contributed by atoms with Gasteiger partial charge >= 0.3 is 24.7 Å². The molecule has 204 valence electrons. The van der Waals surface area contributed by atoms with Gasteiger partial charge in [-0.3, -0.25) is 0 Å². The molecule has 4 nitrogen and oxygen atoms in total. The molecule has 3 rings (SSSR count). The summed E-state index contributed by atoms with van der Waals surface area (Å²) in [5, 5.41) is 2.81. The second kappa shape index (κ2) is 10.2. The fourth-order valence-corrected chi connectivity index (χ4v) is 4.77. The number of amides is 1. The van der Waals surface area contributed by atoms with Crippen LogP contribution in [0.15, 0.2) is 42.5 Å². The molecule has 1 aliphatic rings. The van der Waals surface area contributed by atoms with Gasteiger partial charge in [-0.15, -0.1) is 13.2 Å². The first-order chi connectivity index (χ1) is 17.1. The molecule has 0 bridgehead atoms. The van der Waals surface area contributed by atoms with Gasteiger partial charge in [0.05, 0.1) is 17.7 Å². The molecule has 2 aromatic carbocycles. The second-order valence-electron chi connectivity index (χ2n) is 8.59. The van der Waals surface area contributed by atoms with Gasteiger partial charge in [0.25, 0.3) is 0 Å². The summed E-state index contributed by atoms with van der Waals surface area (Å²) in [5.74, 6) is 0. The highest BCUT2D eigenvalue weighted by molar-refractivity contribution is 5.85. The van der Waals surface area contributed by atoms with E-state index in [4.69, 9.17) is 4.74 Å². The van der Waals surface area contributed by atoms with Crippen molar-refractivity contribution in [1.82, 2.24) is 9.80 Å². The van der Waals surface area contributed by atoms with Gasteiger partial charge in [0.15, 0.2) is 5.69 Å². The van der Waals surface area contributed by atoms with Crippen LogP contribution in [-0.4, -0.2) is 25.0 Å². The summed E-state index contributed by atoms with van der Waals surface area (Å²) in [6.07, 6.45) is -17.1. The number of halogens is 9. The van der Waals surface area contributed by atoms with Gasteiger partial charge in [-0.1, -0.05) is 29.6 Å². The summed E-state index contributed by atoms with van der Waals surface area (Å²) in [5.41, 5.74) is -3.71. The molecule has 0 aliphatic carbocycles. The lowest BCUT2D eigenvalue weighted by Gasteiger charge is -2.46. The number of carbonyl (C=O) groups is 1. The van der Waals surface area contributed by atoms with Gasteiger partial charge in [0.2, 0.25) is 0 Å². The first-order valence-corrected chi connectivity index (χ1v) is 11.3. The molecule has 1 unspecified atom stereocenters. The van der Waals surface area contributed by atoms with E-state index in [-0.39, 0.29) is 36.6 Å². The maximum Gasteiger partial charge on any atom is 0.576 e. The molecule has 1 N–H and O–H groups in total. The van der Waals surface area contributed by atoms with Crippen LogP contribution in [0.1, 0.15) is 55.0 Å². The molecule has 1 heterocycles. The number of hydrogen-bond donors (Lipinski definition) is 1. The van der Waals surface area contributed by atoms with Crippen molar-refractivity contribution in [2.75, 3.05) is 6.61 Å². The highest BCUT2D eigenvalue weighted by atomic mass is 19.4. The molecular weight excluding hydrogens is 519 g/mol. The van der Waals surface area contributed by atoms with Gasteiger partial charge in [-0.25, -0.2) is 0 Å². The van der Waals surface area contributed by atoms with Crippen LogP contribution in [0.5, 0.6) is 0 Å². The molecule has 0 fully saturated rings. The minimum Gasteiger partial charge on any atom is -0.420 e. The minimum atomic E-state index is -5.09. The van der Waals surface area contributed by atoms with Gasteiger partial charge in [0, 0.05) is 30.6 Å². The maximum absolute atomic E-state index is 14.6. The zero-order valence-electron chi connectivity index (χ0n) is 19.7. The minimum absolute atomic E-state index is 0.00102. The Morgan fingerprint density at radius 2 is 1.51 bits per heavy atom. The average molecular weight is 543 g/mol. The van der Waals surface area contributed by atoms with Crippen LogP contribution in [0, 0.1) is 0 Å². The number of quaternary nitrogens is 1. The smallest absolute Gasteiger partial charge is 0.420 e. The Hall–Kier alpha value is -2.80. The van der Waals surface area contributed by atoms with E-state index in [0.717, 1.165) is 6.07 Å². The van der Waals surface area contributed by atoms with Crippen molar-refractivity contribution in [2.45, 2.75) is 64.0 Å². The van der Waals surface area contributed by atoms with E-state index in [9.17, 15) is 44.3 Å². The van der Waals surface area contributed by atoms with E-state index in [2.05, 4.69) is 5.32 Å². The van der Waals surface area contributed by atoms with E-state index in [1.807, 2.05) is 0 Å². The van der Waals surface area contributed by atoms with Gasteiger partial charge in [-0.05, 0) is 37.1 Å². The topological polar surface area (TPSA) is 38.3 Å². The number of ether oxygens (including phenoxy) is 1. The fourth-order valence-electron chi connectivity index (χ4n) is 4.77. The lowest BCUT2D eigenvalue weighted by Crippen LogP contribution is -2.71. The third kappa shape index (κ3) is 5.42. The van der Waals surface area contributed by atoms with E-state index < -0.39 is 64.7 Å². The maximum atomic E-state index is 14.6. The van der Waals surface area contributed by atoms with E-state index in [1.54, 1.807) is 0 Å². The number of nitrogens with zero attached hydrogens (tertiary/aromatic N) is 1. The predicted octanol–water partition coefficient (Wildman–Crippen LogP) is 7.72. The molecule has 37 heavy (non-hydrogen) atoms. The number of fused-ring (bicyclic) bond motifs is 1. The summed E-state index contributed by atoms with van der Waals surface area (Å²) in [6.45, 7) is 2.03. The zero-order valence-corrected chi connectivity index (χ0v) is 19.7. The Kier molecular flexibility index (Phi) is 7.90. The van der Waals surface area contributed by atoms with Crippen LogP contribution in [0.25, 0.3) is 0 Å². The monoisotopic (exact) mass is 543 g/mol. The number of carbonyl (C=O) groups excluding carboxylic acids is 1. The molecule has 1 amide bonds. The van der Waals surface area contributed by atoms with Crippen LogP contribution >= 0.6 is 0 Å². The van der Waals surface area contributed by atoms with Crippen molar-refractivity contribution in [3.63, 3.8) is 0 Å². The first kappa shape index (κ1) is 28.8. The number of hydrogen-bond acceptors (Lipinski definition) is 3. The van der Waals surface area contributed by atoms with Crippen molar-refractivity contribution in [2.24, 2.45) is 0 Å². The molecular formula is C24H24F9N2O2+. The quantitative estimate of drug-likeness (QED) is 0.238. The van der Waals surface area contributed by atoms with Crippen molar-refractivity contribution < 1.29 is 49.0 Å². The Balaban J connectivity index is 2.06. The number of benzene rings is 2. The van der Waals surface area contributed by atoms with Crippen LogP contribution < -0.4 is 9.80 Å². The third-order valence-corrected chi connectivity index (χ3v) is 6.37. The summed E-state index contributed by atoms with van der Waals surface area (Å²) in [4.78, 5) is 12.8. The van der Waals surface area contributed by atoms with E-state index in [0.29, 0.717) is 12.1 Å². The summed E-state index contributed by atoms with van der Waals surface area (Å²) >= 11 is 0. The lowest BCUT2D eigenvalue weighted by molar-refractivity contribution is -0.239. The molecule has 0 saturated carbocycles. The summed E-state index contributed by atoms with van der Waals surface area (Å²) in [6, 6.07) is 4.07. The Bertz CT molecular complexity index is 1100. The van der Waals surface area contributed by atoms with Crippen molar-refractivity contribution in [1.29, 1.82) is 0 Å². The Morgan fingerprint density at radius 1 is 0.946 bits per heavy atom. The van der Waals surface area contributed by atoms with Crippen LogP contribution in [0.3, 0.4) is 0 Å². The zero-order chi connectivity index (χ0) is 27.8. The average Bonchev–Trinajstić information content (AvgIpc) is 2.80. The molecule has 3 atom stereocenters. The normalized spacial score (nSPS) is 22.5. The predicted molar refractivity (Wildman–Crippen MR) is 116 cm³/mol. The van der Waals surface area contributed by atoms with Gasteiger partial charge < -0.3 is 10.1 Å². The van der Waals surface area contributed by atoms with Crippen LogP contribution in [0.2, 0.25) is 0 Å². The Labute approximate surface area is 206 Å². The number of alkyl halides is 9. The first-order valence-electron chi connectivity index (χ1n) is 11.3. The van der Waals surface area contributed by atoms with E-state index in [1.165, 1.54) is 32.0 Å². The van der Waals surface area contributed by atoms with Crippen molar-refractivity contribution >= 4 is 11.8 Å². The molecule has 0 spiro atoms. The van der Waals surface area contributed by atoms with Gasteiger partial charge in [-0.2, -0.15) is 31.1 Å².